The van der Waals surface area contributed by atoms with Crippen molar-refractivity contribution in [2.75, 3.05) is 38.0 Å². The molecule has 0 aliphatic carbocycles. The van der Waals surface area contributed by atoms with Crippen molar-refractivity contribution in [3.63, 3.8) is 0 Å². The van der Waals surface area contributed by atoms with E-state index < -0.39 is 24.5 Å². The number of carbonyl (C=O) groups is 2. The van der Waals surface area contributed by atoms with Gasteiger partial charge in [0, 0.05) is 44.7 Å². The first-order valence-corrected chi connectivity index (χ1v) is 19.2. The van der Waals surface area contributed by atoms with Crippen LogP contribution in [0.25, 0.3) is 11.2 Å². The van der Waals surface area contributed by atoms with E-state index in [2.05, 4.69) is 83.1 Å². The Morgan fingerprint density at radius 3 is 2.19 bits per heavy atom. The summed E-state index contributed by atoms with van der Waals surface area (Å²) in [4.78, 5) is 42.0. The smallest absolute Gasteiger partial charge is 0.315 e. The summed E-state index contributed by atoms with van der Waals surface area (Å²) in [5.41, 5.74) is 3.00. The van der Waals surface area contributed by atoms with Crippen molar-refractivity contribution < 1.29 is 24.5 Å². The molecule has 3 heterocycles. The Hall–Kier alpha value is -4.63. The highest BCUT2D eigenvalue weighted by Gasteiger charge is 2.45. The molecular weight excluding hydrogens is 686 g/mol. The molecule has 5 rings (SSSR count). The van der Waals surface area contributed by atoms with Crippen molar-refractivity contribution in [1.29, 1.82) is 0 Å². The molecule has 0 unspecified atom stereocenters. The third-order valence-corrected chi connectivity index (χ3v) is 9.87. The number of ether oxygens (including phenoxy) is 1. The number of imidazole rings is 1. The van der Waals surface area contributed by atoms with Gasteiger partial charge in [-0.15, -0.1) is 0 Å². The molecule has 3 amide bonds. The van der Waals surface area contributed by atoms with Crippen LogP contribution < -0.4 is 21.3 Å². The number of hydrogen-bond acceptors (Lipinski definition) is 10. The summed E-state index contributed by atoms with van der Waals surface area (Å²) in [6.07, 6.45) is -1.19. The molecule has 14 heteroatoms. The van der Waals surface area contributed by atoms with Crippen molar-refractivity contribution in [2.24, 2.45) is 5.92 Å². The van der Waals surface area contributed by atoms with Gasteiger partial charge in [0.05, 0.1) is 25.4 Å². The molecule has 4 aromatic rings. The summed E-state index contributed by atoms with van der Waals surface area (Å²) in [6.45, 7) is 13.7. The van der Waals surface area contributed by atoms with Crippen LogP contribution in [0.1, 0.15) is 83.0 Å². The average molecular weight is 744 g/mol. The number of anilines is 1. The average Bonchev–Trinajstić information content (AvgIpc) is 3.71. The second-order valence-electron chi connectivity index (χ2n) is 14.2. The third-order valence-electron chi connectivity index (χ3n) is 9.87. The van der Waals surface area contributed by atoms with Gasteiger partial charge in [-0.05, 0) is 36.8 Å². The highest BCUT2D eigenvalue weighted by Crippen LogP contribution is 2.34. The number of hydrogen-bond donors (Lipinski definition) is 6. The zero-order valence-corrected chi connectivity index (χ0v) is 32.1. The molecular formula is C40H57N9O5. The van der Waals surface area contributed by atoms with Crippen LogP contribution in [0.15, 0.2) is 67.0 Å². The third kappa shape index (κ3) is 10.3. The van der Waals surface area contributed by atoms with Gasteiger partial charge in [0.25, 0.3) is 0 Å². The van der Waals surface area contributed by atoms with Gasteiger partial charge in [-0.25, -0.2) is 19.7 Å². The molecule has 0 saturated carbocycles. The molecule has 1 saturated heterocycles. The summed E-state index contributed by atoms with van der Waals surface area (Å²) in [6, 6.07) is 20.5. The number of aromatic nitrogens is 4. The molecule has 4 atom stereocenters. The SMILES string of the molecule is CCNC(=O)C[C@@H]1O[C@@H](n2cnc3c(NCC(c4ccccc4)c4ccccc4)nc(CNC(=O)NCCN(CC(C)C)C(CC)CC)nc32)[C@H](O)[C@@H]1O. The lowest BCUT2D eigenvalue weighted by molar-refractivity contribution is -0.125. The van der Waals surface area contributed by atoms with E-state index in [1.54, 1.807) is 11.5 Å². The normalized spacial score (nSPS) is 18.6. The van der Waals surface area contributed by atoms with E-state index in [1.807, 2.05) is 36.4 Å². The van der Waals surface area contributed by atoms with Crippen LogP contribution in [0.2, 0.25) is 0 Å². The van der Waals surface area contributed by atoms with Crippen molar-refractivity contribution >= 4 is 28.9 Å². The molecule has 1 fully saturated rings. The maximum Gasteiger partial charge on any atom is 0.315 e. The maximum absolute atomic E-state index is 13.0. The van der Waals surface area contributed by atoms with E-state index >= 15 is 0 Å². The Kier molecular flexibility index (Phi) is 14.7. The number of amides is 3. The number of rotatable bonds is 19. The fourth-order valence-corrected chi connectivity index (χ4v) is 7.16. The van der Waals surface area contributed by atoms with Gasteiger partial charge in [0.1, 0.15) is 12.2 Å². The summed E-state index contributed by atoms with van der Waals surface area (Å²) < 4.78 is 7.61. The number of aliphatic hydroxyl groups excluding tert-OH is 2. The summed E-state index contributed by atoms with van der Waals surface area (Å²) >= 11 is 0. The van der Waals surface area contributed by atoms with Gasteiger partial charge >= 0.3 is 6.03 Å². The molecule has 14 nitrogen and oxygen atoms in total. The predicted octanol–water partition coefficient (Wildman–Crippen LogP) is 4.16. The topological polar surface area (TPSA) is 179 Å². The van der Waals surface area contributed by atoms with E-state index in [-0.39, 0.29) is 30.8 Å². The molecule has 54 heavy (non-hydrogen) atoms. The Morgan fingerprint density at radius 1 is 0.907 bits per heavy atom. The quantitative estimate of drug-likeness (QED) is 0.0817. The van der Waals surface area contributed by atoms with Crippen LogP contribution in [0.5, 0.6) is 0 Å². The van der Waals surface area contributed by atoms with Gasteiger partial charge < -0.3 is 36.2 Å². The number of nitrogens with zero attached hydrogens (tertiary/aromatic N) is 5. The lowest BCUT2D eigenvalue weighted by Crippen LogP contribution is -2.44. The fourth-order valence-electron chi connectivity index (χ4n) is 7.16. The van der Waals surface area contributed by atoms with Crippen LogP contribution in [-0.2, 0) is 16.1 Å². The van der Waals surface area contributed by atoms with E-state index in [1.165, 1.54) is 6.33 Å². The maximum atomic E-state index is 13.0. The molecule has 292 valence electrons. The fraction of sp³-hybridized carbons (Fsp3) is 0.525. The number of urea groups is 1. The van der Waals surface area contributed by atoms with Crippen LogP contribution >= 0.6 is 0 Å². The van der Waals surface area contributed by atoms with Gasteiger partial charge in [-0.2, -0.15) is 0 Å². The first-order valence-electron chi connectivity index (χ1n) is 19.2. The number of nitrogens with one attached hydrogen (secondary N) is 4. The molecule has 0 bridgehead atoms. The minimum absolute atomic E-state index is 0.0151. The number of aliphatic hydroxyl groups is 2. The predicted molar refractivity (Wildman–Crippen MR) is 209 cm³/mol. The monoisotopic (exact) mass is 743 g/mol. The van der Waals surface area contributed by atoms with Crippen LogP contribution in [0.3, 0.4) is 0 Å². The van der Waals surface area contributed by atoms with E-state index in [4.69, 9.17) is 14.7 Å². The first kappa shape index (κ1) is 40.6. The van der Waals surface area contributed by atoms with Crippen molar-refractivity contribution in [3.05, 3.63) is 83.9 Å². The second-order valence-corrected chi connectivity index (χ2v) is 14.2. The Labute approximate surface area is 318 Å². The molecule has 0 spiro atoms. The Morgan fingerprint density at radius 2 is 1.57 bits per heavy atom. The van der Waals surface area contributed by atoms with Crippen LogP contribution in [0.4, 0.5) is 10.6 Å². The molecule has 1 aliphatic rings. The molecule has 2 aromatic carbocycles. The lowest BCUT2D eigenvalue weighted by Gasteiger charge is -2.32. The molecule has 1 aliphatic heterocycles. The van der Waals surface area contributed by atoms with Gasteiger partial charge in [0.15, 0.2) is 29.0 Å². The summed E-state index contributed by atoms with van der Waals surface area (Å²) in [5.74, 6) is 0.952. The van der Waals surface area contributed by atoms with Gasteiger partial charge in [-0.3, -0.25) is 14.3 Å². The Bertz CT molecular complexity index is 1730. The van der Waals surface area contributed by atoms with Crippen molar-refractivity contribution in [1.82, 2.24) is 40.4 Å². The van der Waals surface area contributed by atoms with Crippen LogP contribution in [0, 0.1) is 5.92 Å². The van der Waals surface area contributed by atoms with Gasteiger partial charge in [-0.1, -0.05) is 88.4 Å². The van der Waals surface area contributed by atoms with E-state index in [9.17, 15) is 19.8 Å². The van der Waals surface area contributed by atoms with Crippen molar-refractivity contribution in [3.8, 4) is 0 Å². The lowest BCUT2D eigenvalue weighted by atomic mass is 9.91. The minimum Gasteiger partial charge on any atom is -0.388 e. The second kappa shape index (κ2) is 19.6. The van der Waals surface area contributed by atoms with Crippen molar-refractivity contribution in [2.45, 2.75) is 96.9 Å². The summed E-state index contributed by atoms with van der Waals surface area (Å²) in [5, 5.41) is 34.0. The van der Waals surface area contributed by atoms with E-state index in [0.717, 1.165) is 37.1 Å². The molecule has 2 aromatic heterocycles. The van der Waals surface area contributed by atoms with Gasteiger partial charge in [0.2, 0.25) is 5.91 Å². The minimum atomic E-state index is -1.35. The molecule has 0 radical (unpaired) electrons. The highest BCUT2D eigenvalue weighted by atomic mass is 16.6. The van der Waals surface area contributed by atoms with Crippen LogP contribution in [-0.4, -0.2) is 104 Å². The summed E-state index contributed by atoms with van der Waals surface area (Å²) in [7, 11) is 0. The zero-order chi connectivity index (χ0) is 38.6. The first-order chi connectivity index (χ1) is 26.1. The number of carbonyl (C=O) groups excluding carboxylic acids is 2. The highest BCUT2D eigenvalue weighted by molar-refractivity contribution is 5.83. The Balaban J connectivity index is 1.39. The number of benzene rings is 2. The number of fused-ring (bicyclic) bond motifs is 1. The standard InChI is InChI=1S/C40H57N9O5/c1-6-29(7-2)48(24-26(4)5)20-19-42-40(53)44-23-32-46-37(43-22-30(27-15-11-9-12-16-27)28-17-13-10-14-18-28)34-38(47-32)49(25-45-34)39-36(52)35(51)31(54-39)21-33(50)41-8-3/h9-18,25-26,29-31,35-36,39,51-52H,6-8,19-24H2,1-5H3,(H,41,50)(H2,42,44,53)(H,43,46,47)/t31-,35+,36+,39+/m0/s1. The largest absolute Gasteiger partial charge is 0.388 e. The molecule has 6 N–H and O–H groups in total. The zero-order valence-electron chi connectivity index (χ0n) is 32.1. The van der Waals surface area contributed by atoms with E-state index in [0.29, 0.717) is 54.4 Å².